The summed E-state index contributed by atoms with van der Waals surface area (Å²) in [6.45, 7) is 1.64. The molecule has 1 aromatic carbocycles. The fraction of sp³-hybridized carbons (Fsp3) is 0.421. The number of hydrogen-bond donors (Lipinski definition) is 2. The summed E-state index contributed by atoms with van der Waals surface area (Å²) in [7, 11) is 1.56. The second-order valence-electron chi connectivity index (χ2n) is 6.75. The molecule has 160 valence electrons. The number of aromatic nitrogens is 2. The third-order valence-corrected chi connectivity index (χ3v) is 5.50. The first-order chi connectivity index (χ1) is 14.5. The molecular formula is C19H22FN5O4S. The van der Waals surface area contributed by atoms with Gasteiger partial charge in [0.05, 0.1) is 12.5 Å². The van der Waals surface area contributed by atoms with Crippen molar-refractivity contribution in [1.82, 2.24) is 20.4 Å². The number of carbonyl (C=O) groups excluding carboxylic acids is 3. The summed E-state index contributed by atoms with van der Waals surface area (Å²) in [4.78, 5) is 38.9. The Morgan fingerprint density at radius 1 is 1.23 bits per heavy atom. The van der Waals surface area contributed by atoms with E-state index in [0.29, 0.717) is 38.2 Å². The number of rotatable bonds is 7. The molecule has 1 atom stereocenters. The predicted molar refractivity (Wildman–Crippen MR) is 108 cm³/mol. The van der Waals surface area contributed by atoms with Gasteiger partial charge < -0.3 is 20.3 Å². The van der Waals surface area contributed by atoms with Crippen molar-refractivity contribution in [2.24, 2.45) is 5.92 Å². The summed E-state index contributed by atoms with van der Waals surface area (Å²) in [5, 5.41) is 13.1. The van der Waals surface area contributed by atoms with E-state index in [9.17, 15) is 18.8 Å². The summed E-state index contributed by atoms with van der Waals surface area (Å²) < 4.78 is 17.9. The summed E-state index contributed by atoms with van der Waals surface area (Å²) in [5.74, 6) is -1.71. The Morgan fingerprint density at radius 2 is 1.97 bits per heavy atom. The number of piperidine rings is 1. The Morgan fingerprint density at radius 3 is 2.70 bits per heavy atom. The highest BCUT2D eigenvalue weighted by Gasteiger charge is 2.30. The molecule has 1 fully saturated rings. The molecule has 30 heavy (non-hydrogen) atoms. The van der Waals surface area contributed by atoms with Crippen molar-refractivity contribution >= 4 is 34.7 Å². The molecular weight excluding hydrogens is 413 g/mol. The van der Waals surface area contributed by atoms with Crippen LogP contribution in [0.4, 0.5) is 10.1 Å². The topological polar surface area (TPSA) is 114 Å². The lowest BCUT2D eigenvalue weighted by Crippen LogP contribution is -2.45. The van der Waals surface area contributed by atoms with Gasteiger partial charge in [-0.1, -0.05) is 11.3 Å². The van der Waals surface area contributed by atoms with Gasteiger partial charge in [0.25, 0.3) is 11.8 Å². The highest BCUT2D eigenvalue weighted by atomic mass is 32.1. The second-order valence-corrected chi connectivity index (χ2v) is 7.73. The number of likely N-dealkylation sites (tertiary alicyclic amines) is 1. The van der Waals surface area contributed by atoms with Crippen LogP contribution < -0.4 is 10.6 Å². The molecule has 3 amide bonds. The first-order valence-corrected chi connectivity index (χ1v) is 10.3. The van der Waals surface area contributed by atoms with Crippen LogP contribution in [0.2, 0.25) is 0 Å². The first-order valence-electron chi connectivity index (χ1n) is 9.44. The van der Waals surface area contributed by atoms with Crippen LogP contribution in [0.25, 0.3) is 0 Å². The summed E-state index contributed by atoms with van der Waals surface area (Å²) in [6.07, 6.45) is 1.40. The van der Waals surface area contributed by atoms with Gasteiger partial charge >= 0.3 is 0 Å². The Kier molecular flexibility index (Phi) is 7.41. The molecule has 11 heteroatoms. The van der Waals surface area contributed by atoms with Crippen molar-refractivity contribution in [3.05, 3.63) is 40.1 Å². The molecule has 1 unspecified atom stereocenters. The van der Waals surface area contributed by atoms with Crippen molar-refractivity contribution in [2.75, 3.05) is 38.7 Å². The first kappa shape index (κ1) is 21.8. The number of hydrogen-bond acceptors (Lipinski definition) is 7. The molecule has 1 aromatic heterocycles. The number of methoxy groups -OCH3 is 1. The normalized spacial score (nSPS) is 16.2. The van der Waals surface area contributed by atoms with E-state index in [1.807, 2.05) is 0 Å². The van der Waals surface area contributed by atoms with Gasteiger partial charge in [-0.15, -0.1) is 10.2 Å². The number of halogens is 1. The third kappa shape index (κ3) is 5.57. The van der Waals surface area contributed by atoms with E-state index >= 15 is 0 Å². The van der Waals surface area contributed by atoms with Crippen molar-refractivity contribution in [3.63, 3.8) is 0 Å². The van der Waals surface area contributed by atoms with E-state index in [1.54, 1.807) is 12.0 Å². The molecule has 9 nitrogen and oxygen atoms in total. The van der Waals surface area contributed by atoms with E-state index < -0.39 is 11.7 Å². The zero-order valence-electron chi connectivity index (χ0n) is 16.4. The minimum Gasteiger partial charge on any atom is -0.383 e. The van der Waals surface area contributed by atoms with Crippen LogP contribution in [-0.4, -0.2) is 66.2 Å². The third-order valence-electron chi connectivity index (χ3n) is 4.59. The lowest BCUT2D eigenvalue weighted by molar-refractivity contribution is -0.126. The van der Waals surface area contributed by atoms with Gasteiger partial charge in [-0.25, -0.2) is 4.39 Å². The predicted octanol–water partition coefficient (Wildman–Crippen LogP) is 1.54. The quantitative estimate of drug-likeness (QED) is 0.638. The van der Waals surface area contributed by atoms with E-state index in [0.717, 1.165) is 11.3 Å². The zero-order valence-corrected chi connectivity index (χ0v) is 17.2. The Balaban J connectivity index is 1.59. The SMILES string of the molecule is COCCNC(=O)C1CCCN(C(=O)c2nnc(C(=O)Nc3ccc(F)cc3)s2)C1. The summed E-state index contributed by atoms with van der Waals surface area (Å²) >= 11 is 0.875. The van der Waals surface area contributed by atoms with Crippen molar-refractivity contribution in [3.8, 4) is 0 Å². The Bertz CT molecular complexity index is 905. The van der Waals surface area contributed by atoms with Crippen molar-refractivity contribution < 1.29 is 23.5 Å². The van der Waals surface area contributed by atoms with Gasteiger partial charge in [0.1, 0.15) is 5.82 Å². The fourth-order valence-electron chi connectivity index (χ4n) is 3.05. The molecule has 2 heterocycles. The second kappa shape index (κ2) is 10.2. The molecule has 2 N–H and O–H groups in total. The van der Waals surface area contributed by atoms with Crippen LogP contribution in [-0.2, 0) is 9.53 Å². The van der Waals surface area contributed by atoms with Crippen LogP contribution in [0, 0.1) is 11.7 Å². The number of carbonyl (C=O) groups is 3. The molecule has 2 aromatic rings. The summed E-state index contributed by atoms with van der Waals surface area (Å²) in [5.41, 5.74) is 0.405. The molecule has 0 radical (unpaired) electrons. The van der Waals surface area contributed by atoms with Gasteiger partial charge in [0.2, 0.25) is 15.9 Å². The van der Waals surface area contributed by atoms with Crippen LogP contribution >= 0.6 is 11.3 Å². The lowest BCUT2D eigenvalue weighted by Gasteiger charge is -2.31. The number of nitrogens with zero attached hydrogens (tertiary/aromatic N) is 3. The average Bonchev–Trinajstić information content (AvgIpc) is 3.25. The number of anilines is 1. The van der Waals surface area contributed by atoms with Gasteiger partial charge in [0.15, 0.2) is 0 Å². The van der Waals surface area contributed by atoms with Crippen LogP contribution in [0.5, 0.6) is 0 Å². The molecule has 1 saturated heterocycles. The highest BCUT2D eigenvalue weighted by Crippen LogP contribution is 2.21. The number of ether oxygens (including phenoxy) is 1. The lowest BCUT2D eigenvalue weighted by atomic mass is 9.97. The average molecular weight is 435 g/mol. The monoisotopic (exact) mass is 435 g/mol. The Labute approximate surface area is 176 Å². The Hall–Kier alpha value is -2.92. The summed E-state index contributed by atoms with van der Waals surface area (Å²) in [6, 6.07) is 5.30. The maximum Gasteiger partial charge on any atom is 0.286 e. The molecule has 0 bridgehead atoms. The molecule has 0 aliphatic carbocycles. The molecule has 0 saturated carbocycles. The number of benzene rings is 1. The maximum absolute atomic E-state index is 13.0. The van der Waals surface area contributed by atoms with Gasteiger partial charge in [-0.3, -0.25) is 14.4 Å². The molecule has 3 rings (SSSR count). The maximum atomic E-state index is 13.0. The molecule has 1 aliphatic rings. The highest BCUT2D eigenvalue weighted by molar-refractivity contribution is 7.15. The number of amides is 3. The van der Waals surface area contributed by atoms with Crippen LogP contribution in [0.3, 0.4) is 0 Å². The van der Waals surface area contributed by atoms with E-state index in [2.05, 4.69) is 20.8 Å². The molecule has 0 spiro atoms. The van der Waals surface area contributed by atoms with E-state index in [1.165, 1.54) is 24.3 Å². The number of nitrogens with one attached hydrogen (secondary N) is 2. The molecule has 1 aliphatic heterocycles. The van der Waals surface area contributed by atoms with Gasteiger partial charge in [-0.2, -0.15) is 0 Å². The van der Waals surface area contributed by atoms with Crippen molar-refractivity contribution in [2.45, 2.75) is 12.8 Å². The fourth-order valence-corrected chi connectivity index (χ4v) is 3.76. The largest absolute Gasteiger partial charge is 0.383 e. The van der Waals surface area contributed by atoms with Gasteiger partial charge in [0, 0.05) is 32.4 Å². The smallest absolute Gasteiger partial charge is 0.286 e. The van der Waals surface area contributed by atoms with Crippen molar-refractivity contribution in [1.29, 1.82) is 0 Å². The van der Waals surface area contributed by atoms with E-state index in [-0.39, 0.29) is 34.3 Å². The zero-order chi connectivity index (χ0) is 21.5. The van der Waals surface area contributed by atoms with E-state index in [4.69, 9.17) is 4.74 Å². The standard InChI is InChI=1S/C19H22FN5O4S/c1-29-10-8-21-15(26)12-3-2-9-25(11-12)19(28)18-24-23-17(30-18)16(27)22-14-6-4-13(20)5-7-14/h4-7,12H,2-3,8-11H2,1H3,(H,21,26)(H,22,27). The van der Waals surface area contributed by atoms with Gasteiger partial charge in [-0.05, 0) is 37.1 Å². The van der Waals surface area contributed by atoms with Crippen LogP contribution in [0.15, 0.2) is 24.3 Å². The minimum absolute atomic E-state index is 0.0218. The van der Waals surface area contributed by atoms with Crippen LogP contribution in [0.1, 0.15) is 32.4 Å². The minimum atomic E-state index is -0.535.